The first-order valence-corrected chi connectivity index (χ1v) is 7.63. The SMILES string of the molecule is COC(=O)c1cc(OC(C)=O)ccc1OC(=O)C1CCCCC1. The molecule has 0 bridgehead atoms. The number of benzene rings is 1. The smallest absolute Gasteiger partial charge is 0.341 e. The summed E-state index contributed by atoms with van der Waals surface area (Å²) in [5, 5.41) is 0. The number of ether oxygens (including phenoxy) is 3. The van der Waals surface area contributed by atoms with Crippen molar-refractivity contribution in [1.29, 1.82) is 0 Å². The van der Waals surface area contributed by atoms with Gasteiger partial charge in [0.25, 0.3) is 0 Å². The van der Waals surface area contributed by atoms with Gasteiger partial charge in [-0.3, -0.25) is 9.59 Å². The molecule has 0 N–H and O–H groups in total. The molecule has 1 aromatic rings. The molecule has 1 aliphatic carbocycles. The van der Waals surface area contributed by atoms with Crippen LogP contribution in [0.15, 0.2) is 18.2 Å². The third-order valence-corrected chi connectivity index (χ3v) is 3.77. The van der Waals surface area contributed by atoms with Gasteiger partial charge >= 0.3 is 17.9 Å². The van der Waals surface area contributed by atoms with Gasteiger partial charge in [0.15, 0.2) is 0 Å². The van der Waals surface area contributed by atoms with Crippen molar-refractivity contribution in [3.63, 3.8) is 0 Å². The van der Waals surface area contributed by atoms with Gasteiger partial charge in [-0.1, -0.05) is 19.3 Å². The fourth-order valence-corrected chi connectivity index (χ4v) is 2.63. The van der Waals surface area contributed by atoms with Crippen LogP contribution in [-0.4, -0.2) is 25.0 Å². The molecule has 0 heterocycles. The molecule has 2 rings (SSSR count). The highest BCUT2D eigenvalue weighted by Gasteiger charge is 2.25. The van der Waals surface area contributed by atoms with Crippen LogP contribution in [0.4, 0.5) is 0 Å². The predicted octanol–water partition coefficient (Wildman–Crippen LogP) is 2.88. The van der Waals surface area contributed by atoms with Crippen LogP contribution < -0.4 is 9.47 Å². The summed E-state index contributed by atoms with van der Waals surface area (Å²) in [6.07, 6.45) is 4.76. The van der Waals surface area contributed by atoms with Gasteiger partial charge in [0.05, 0.1) is 13.0 Å². The van der Waals surface area contributed by atoms with E-state index in [1.165, 1.54) is 32.2 Å². The fraction of sp³-hybridized carbons (Fsp3) is 0.471. The first-order valence-electron chi connectivity index (χ1n) is 7.63. The third kappa shape index (κ3) is 4.55. The Hall–Kier alpha value is -2.37. The van der Waals surface area contributed by atoms with Crippen LogP contribution in [0.25, 0.3) is 0 Å². The Kier molecular flexibility index (Phi) is 5.73. The van der Waals surface area contributed by atoms with Crippen molar-refractivity contribution in [2.24, 2.45) is 5.92 Å². The zero-order chi connectivity index (χ0) is 16.8. The van der Waals surface area contributed by atoms with Crippen LogP contribution in [0.5, 0.6) is 11.5 Å². The second-order valence-electron chi connectivity index (χ2n) is 5.50. The molecule has 124 valence electrons. The Morgan fingerprint density at radius 1 is 1.04 bits per heavy atom. The summed E-state index contributed by atoms with van der Waals surface area (Å²) in [5.41, 5.74) is 0.0513. The first kappa shape index (κ1) is 17.0. The zero-order valence-electron chi connectivity index (χ0n) is 13.3. The fourth-order valence-electron chi connectivity index (χ4n) is 2.63. The second-order valence-corrected chi connectivity index (χ2v) is 5.50. The van der Waals surface area contributed by atoms with Crippen LogP contribution in [0.3, 0.4) is 0 Å². The lowest BCUT2D eigenvalue weighted by Crippen LogP contribution is -2.23. The van der Waals surface area contributed by atoms with Gasteiger partial charge in [0.2, 0.25) is 0 Å². The van der Waals surface area contributed by atoms with Crippen molar-refractivity contribution in [1.82, 2.24) is 0 Å². The van der Waals surface area contributed by atoms with Crippen molar-refractivity contribution >= 4 is 17.9 Å². The molecule has 6 nitrogen and oxygen atoms in total. The van der Waals surface area contributed by atoms with Gasteiger partial charge in [0.1, 0.15) is 17.1 Å². The Morgan fingerprint density at radius 2 is 1.74 bits per heavy atom. The normalized spacial score (nSPS) is 14.9. The summed E-state index contributed by atoms with van der Waals surface area (Å²) in [6, 6.07) is 4.24. The maximum absolute atomic E-state index is 12.2. The highest BCUT2D eigenvalue weighted by atomic mass is 16.5. The lowest BCUT2D eigenvalue weighted by Gasteiger charge is -2.20. The predicted molar refractivity (Wildman–Crippen MR) is 81.3 cm³/mol. The number of hydrogen-bond acceptors (Lipinski definition) is 6. The highest BCUT2D eigenvalue weighted by Crippen LogP contribution is 2.29. The summed E-state index contributed by atoms with van der Waals surface area (Å²) in [5.74, 6) is -1.34. The van der Waals surface area contributed by atoms with E-state index in [0.29, 0.717) is 0 Å². The maximum atomic E-state index is 12.2. The molecule has 1 aromatic carbocycles. The van der Waals surface area contributed by atoms with E-state index in [-0.39, 0.29) is 28.9 Å². The molecule has 1 saturated carbocycles. The van der Waals surface area contributed by atoms with Gasteiger partial charge in [-0.15, -0.1) is 0 Å². The Bertz CT molecular complexity index is 601. The molecule has 6 heteroatoms. The van der Waals surface area contributed by atoms with E-state index < -0.39 is 11.9 Å². The van der Waals surface area contributed by atoms with Gasteiger partial charge < -0.3 is 14.2 Å². The lowest BCUT2D eigenvalue weighted by atomic mass is 9.89. The number of esters is 3. The monoisotopic (exact) mass is 320 g/mol. The summed E-state index contributed by atoms with van der Waals surface area (Å²) in [4.78, 5) is 35.1. The minimum Gasteiger partial charge on any atom is -0.465 e. The number of rotatable bonds is 4. The third-order valence-electron chi connectivity index (χ3n) is 3.77. The molecular weight excluding hydrogens is 300 g/mol. The molecule has 0 aromatic heterocycles. The van der Waals surface area contributed by atoms with Gasteiger partial charge in [0, 0.05) is 6.92 Å². The van der Waals surface area contributed by atoms with E-state index in [1.807, 2.05) is 0 Å². The van der Waals surface area contributed by atoms with E-state index in [4.69, 9.17) is 14.2 Å². The molecule has 0 aliphatic heterocycles. The standard InChI is InChI=1S/C17H20O6/c1-11(18)22-13-8-9-15(14(10-13)17(20)21-2)23-16(19)12-6-4-3-5-7-12/h8-10,12H,3-7H2,1-2H3. The molecular formula is C17H20O6. The van der Waals surface area contributed by atoms with E-state index in [1.54, 1.807) is 0 Å². The number of hydrogen-bond donors (Lipinski definition) is 0. The quantitative estimate of drug-likeness (QED) is 0.627. The minimum absolute atomic E-state index is 0.0513. The summed E-state index contributed by atoms with van der Waals surface area (Å²) in [7, 11) is 1.23. The minimum atomic E-state index is -0.662. The van der Waals surface area contributed by atoms with Crippen molar-refractivity contribution in [3.05, 3.63) is 23.8 Å². The molecule has 0 amide bonds. The average molecular weight is 320 g/mol. The highest BCUT2D eigenvalue weighted by molar-refractivity contribution is 5.94. The topological polar surface area (TPSA) is 78.9 Å². The molecule has 0 unspecified atom stereocenters. The summed E-state index contributed by atoms with van der Waals surface area (Å²) in [6.45, 7) is 1.26. The van der Waals surface area contributed by atoms with E-state index in [9.17, 15) is 14.4 Å². The Balaban J connectivity index is 2.20. The van der Waals surface area contributed by atoms with Crippen LogP contribution in [0.1, 0.15) is 49.4 Å². The molecule has 0 spiro atoms. The van der Waals surface area contributed by atoms with E-state index in [2.05, 4.69) is 0 Å². The summed E-state index contributed by atoms with van der Waals surface area (Å²) < 4.78 is 15.0. The van der Waals surface area contributed by atoms with Crippen molar-refractivity contribution in [2.75, 3.05) is 7.11 Å². The maximum Gasteiger partial charge on any atom is 0.341 e. The Labute approximate surface area is 134 Å². The second kappa shape index (κ2) is 7.76. The number of methoxy groups -OCH3 is 1. The summed E-state index contributed by atoms with van der Waals surface area (Å²) >= 11 is 0. The zero-order valence-corrected chi connectivity index (χ0v) is 13.3. The molecule has 0 atom stereocenters. The van der Waals surface area contributed by atoms with Crippen LogP contribution in [0.2, 0.25) is 0 Å². The number of carbonyl (C=O) groups excluding carboxylic acids is 3. The Morgan fingerprint density at radius 3 is 2.35 bits per heavy atom. The molecule has 0 saturated heterocycles. The molecule has 0 radical (unpaired) electrons. The molecule has 1 fully saturated rings. The van der Waals surface area contributed by atoms with Crippen LogP contribution >= 0.6 is 0 Å². The van der Waals surface area contributed by atoms with Crippen LogP contribution in [-0.2, 0) is 14.3 Å². The van der Waals surface area contributed by atoms with E-state index >= 15 is 0 Å². The van der Waals surface area contributed by atoms with Crippen molar-refractivity contribution < 1.29 is 28.6 Å². The first-order chi connectivity index (χ1) is 11.0. The van der Waals surface area contributed by atoms with Crippen LogP contribution in [0, 0.1) is 5.92 Å². The van der Waals surface area contributed by atoms with Crippen molar-refractivity contribution in [3.8, 4) is 11.5 Å². The molecule has 23 heavy (non-hydrogen) atoms. The lowest BCUT2D eigenvalue weighted by molar-refractivity contribution is -0.140. The number of carbonyl (C=O) groups is 3. The van der Waals surface area contributed by atoms with Gasteiger partial charge in [-0.2, -0.15) is 0 Å². The van der Waals surface area contributed by atoms with Gasteiger partial charge in [-0.25, -0.2) is 4.79 Å². The molecule has 1 aliphatic rings. The largest absolute Gasteiger partial charge is 0.465 e. The van der Waals surface area contributed by atoms with Crippen molar-refractivity contribution in [2.45, 2.75) is 39.0 Å². The van der Waals surface area contributed by atoms with E-state index in [0.717, 1.165) is 32.1 Å². The van der Waals surface area contributed by atoms with Gasteiger partial charge in [-0.05, 0) is 31.0 Å². The average Bonchev–Trinajstić information content (AvgIpc) is 2.55.